The second kappa shape index (κ2) is 9.13. The summed E-state index contributed by atoms with van der Waals surface area (Å²) in [6.07, 6.45) is 2.86. The molecule has 1 aromatic carbocycles. The molecule has 0 spiro atoms. The molecule has 0 unspecified atom stereocenters. The molecule has 1 heterocycles. The van der Waals surface area contributed by atoms with Crippen LogP contribution in [0.25, 0.3) is 0 Å². The molecule has 1 aromatic rings. The molecular formula is C21H27F3N2O. The normalized spacial score (nSPS) is 17.7. The van der Waals surface area contributed by atoms with Crippen molar-refractivity contribution in [2.24, 2.45) is 0 Å². The summed E-state index contributed by atoms with van der Waals surface area (Å²) in [6.45, 7) is 7.67. The van der Waals surface area contributed by atoms with E-state index in [1.807, 2.05) is 19.1 Å². The van der Waals surface area contributed by atoms with Gasteiger partial charge in [-0.1, -0.05) is 12.7 Å². The van der Waals surface area contributed by atoms with Gasteiger partial charge in [0.1, 0.15) is 5.76 Å². The smallest absolute Gasteiger partial charge is 0.416 e. The number of anilines is 1. The van der Waals surface area contributed by atoms with E-state index in [1.54, 1.807) is 13.2 Å². The molecule has 3 nitrogen and oxygen atoms in total. The van der Waals surface area contributed by atoms with Crippen LogP contribution in [-0.4, -0.2) is 38.2 Å². The van der Waals surface area contributed by atoms with Gasteiger partial charge in [0, 0.05) is 11.7 Å². The van der Waals surface area contributed by atoms with Crippen LogP contribution in [-0.2, 0) is 10.9 Å². The summed E-state index contributed by atoms with van der Waals surface area (Å²) in [4.78, 5) is 4.31. The monoisotopic (exact) mass is 380 g/mol. The van der Waals surface area contributed by atoms with Gasteiger partial charge < -0.3 is 14.5 Å². The van der Waals surface area contributed by atoms with E-state index in [1.165, 1.54) is 12.1 Å². The molecule has 148 valence electrons. The van der Waals surface area contributed by atoms with Crippen molar-refractivity contribution in [3.05, 3.63) is 66.1 Å². The molecule has 0 bridgehead atoms. The van der Waals surface area contributed by atoms with E-state index in [0.717, 1.165) is 43.8 Å². The SMILES string of the molecule is C=C/C(=C(\C=C/C)OC)N(c1ccc(C(F)(F)F)cc1)C1CCN(C)CC1. The second-order valence-electron chi connectivity index (χ2n) is 6.61. The number of ether oxygens (including phenoxy) is 1. The number of hydrogen-bond donors (Lipinski definition) is 0. The largest absolute Gasteiger partial charge is 0.495 e. The molecule has 0 aromatic heterocycles. The predicted molar refractivity (Wildman–Crippen MR) is 103 cm³/mol. The Bertz CT molecular complexity index is 684. The fourth-order valence-electron chi connectivity index (χ4n) is 3.34. The van der Waals surface area contributed by atoms with Gasteiger partial charge in [0.05, 0.1) is 18.4 Å². The standard InChI is InChI=1S/C21H27F3N2O/c1-5-7-20(27-4)19(6-2)26(18-12-14-25(3)15-13-18)17-10-8-16(9-11-17)21(22,23)24/h5-11,18H,2,12-15H2,1,3-4H3/b7-5-,20-19-. The topological polar surface area (TPSA) is 15.7 Å². The molecule has 1 fully saturated rings. The summed E-state index contributed by atoms with van der Waals surface area (Å²) in [5, 5.41) is 0. The third-order valence-corrected chi connectivity index (χ3v) is 4.77. The molecule has 0 N–H and O–H groups in total. The Kier molecular flexibility index (Phi) is 7.13. The number of nitrogens with zero attached hydrogens (tertiary/aromatic N) is 2. The summed E-state index contributed by atoms with van der Waals surface area (Å²) in [5.74, 6) is 0.631. The molecule has 0 saturated carbocycles. The van der Waals surface area contributed by atoms with Crippen LogP contribution in [0.5, 0.6) is 0 Å². The zero-order valence-electron chi connectivity index (χ0n) is 16.1. The first-order chi connectivity index (χ1) is 12.8. The lowest BCUT2D eigenvalue weighted by molar-refractivity contribution is -0.137. The van der Waals surface area contributed by atoms with Crippen molar-refractivity contribution in [1.82, 2.24) is 4.90 Å². The highest BCUT2D eigenvalue weighted by molar-refractivity contribution is 5.58. The minimum atomic E-state index is -4.35. The molecule has 6 heteroatoms. The summed E-state index contributed by atoms with van der Waals surface area (Å²) in [6, 6.07) is 5.45. The summed E-state index contributed by atoms with van der Waals surface area (Å²) < 4.78 is 44.4. The van der Waals surface area contributed by atoms with Gasteiger partial charge in [-0.15, -0.1) is 0 Å². The van der Waals surface area contributed by atoms with E-state index < -0.39 is 11.7 Å². The van der Waals surface area contributed by atoms with Crippen LogP contribution in [0.3, 0.4) is 0 Å². The van der Waals surface area contributed by atoms with Crippen LogP contribution in [0.2, 0.25) is 0 Å². The van der Waals surface area contributed by atoms with Crippen LogP contribution in [0, 0.1) is 0 Å². The number of rotatable bonds is 6. The molecule has 1 saturated heterocycles. The van der Waals surface area contributed by atoms with Crippen molar-refractivity contribution < 1.29 is 17.9 Å². The van der Waals surface area contributed by atoms with Gasteiger partial charge >= 0.3 is 6.18 Å². The Balaban J connectivity index is 2.51. The molecule has 1 aliphatic heterocycles. The van der Waals surface area contributed by atoms with Gasteiger partial charge in [-0.3, -0.25) is 0 Å². The number of allylic oxidation sites excluding steroid dienone is 3. The Morgan fingerprint density at radius 3 is 2.26 bits per heavy atom. The number of piperidine rings is 1. The van der Waals surface area contributed by atoms with Gasteiger partial charge in [-0.2, -0.15) is 13.2 Å². The minimum Gasteiger partial charge on any atom is -0.495 e. The van der Waals surface area contributed by atoms with Crippen LogP contribution >= 0.6 is 0 Å². The lowest BCUT2D eigenvalue weighted by Crippen LogP contribution is -2.43. The van der Waals surface area contributed by atoms with Gasteiger partial charge in [-0.05, 0) is 76.3 Å². The first-order valence-corrected chi connectivity index (χ1v) is 9.00. The average Bonchev–Trinajstić information content (AvgIpc) is 2.65. The van der Waals surface area contributed by atoms with E-state index in [-0.39, 0.29) is 6.04 Å². The fourth-order valence-corrected chi connectivity index (χ4v) is 3.34. The quantitative estimate of drug-likeness (QED) is 0.497. The van der Waals surface area contributed by atoms with Crippen molar-refractivity contribution >= 4 is 5.69 Å². The van der Waals surface area contributed by atoms with Crippen molar-refractivity contribution in [3.8, 4) is 0 Å². The van der Waals surface area contributed by atoms with Crippen molar-refractivity contribution in [2.45, 2.75) is 32.0 Å². The predicted octanol–water partition coefficient (Wildman–Crippen LogP) is 5.23. The third-order valence-electron chi connectivity index (χ3n) is 4.77. The maximum absolute atomic E-state index is 13.0. The van der Waals surface area contributed by atoms with Crippen LogP contribution < -0.4 is 4.90 Å². The Labute approximate surface area is 159 Å². The molecule has 1 aliphatic rings. The number of likely N-dealkylation sites (tertiary alicyclic amines) is 1. The first kappa shape index (κ1) is 21.1. The van der Waals surface area contributed by atoms with Crippen LogP contribution in [0.4, 0.5) is 18.9 Å². The lowest BCUT2D eigenvalue weighted by Gasteiger charge is -2.39. The molecule has 2 rings (SSSR count). The van der Waals surface area contributed by atoms with Gasteiger partial charge in [0.15, 0.2) is 0 Å². The lowest BCUT2D eigenvalue weighted by atomic mass is 10.0. The number of methoxy groups -OCH3 is 1. The zero-order chi connectivity index (χ0) is 20.0. The first-order valence-electron chi connectivity index (χ1n) is 9.00. The summed E-state index contributed by atoms with van der Waals surface area (Å²) in [7, 11) is 3.65. The van der Waals surface area contributed by atoms with E-state index in [9.17, 15) is 13.2 Å². The average molecular weight is 380 g/mol. The van der Waals surface area contributed by atoms with Crippen molar-refractivity contribution in [1.29, 1.82) is 0 Å². The van der Waals surface area contributed by atoms with Gasteiger partial charge in [-0.25, -0.2) is 0 Å². The highest BCUT2D eigenvalue weighted by Crippen LogP contribution is 2.34. The van der Waals surface area contributed by atoms with E-state index in [2.05, 4.69) is 23.4 Å². The molecule has 0 atom stereocenters. The van der Waals surface area contributed by atoms with Crippen molar-refractivity contribution in [2.75, 3.05) is 32.1 Å². The van der Waals surface area contributed by atoms with Crippen molar-refractivity contribution in [3.63, 3.8) is 0 Å². The molecule has 0 amide bonds. The highest BCUT2D eigenvalue weighted by atomic mass is 19.4. The maximum Gasteiger partial charge on any atom is 0.416 e. The third kappa shape index (κ3) is 5.16. The summed E-state index contributed by atoms with van der Waals surface area (Å²) >= 11 is 0. The summed E-state index contributed by atoms with van der Waals surface area (Å²) in [5.41, 5.74) is 0.801. The number of halogens is 3. The van der Waals surface area contributed by atoms with Gasteiger partial charge in [0.2, 0.25) is 0 Å². The van der Waals surface area contributed by atoms with Gasteiger partial charge in [0.25, 0.3) is 0 Å². The minimum absolute atomic E-state index is 0.154. The van der Waals surface area contributed by atoms with Crippen LogP contribution in [0.15, 0.2) is 60.5 Å². The van der Waals surface area contributed by atoms with E-state index in [0.29, 0.717) is 11.4 Å². The number of hydrogen-bond acceptors (Lipinski definition) is 3. The maximum atomic E-state index is 13.0. The second-order valence-corrected chi connectivity index (χ2v) is 6.61. The highest BCUT2D eigenvalue weighted by Gasteiger charge is 2.31. The van der Waals surface area contributed by atoms with E-state index in [4.69, 9.17) is 4.74 Å². The molecule has 0 radical (unpaired) electrons. The Hall–Kier alpha value is -2.21. The molecular weight excluding hydrogens is 353 g/mol. The van der Waals surface area contributed by atoms with Crippen LogP contribution in [0.1, 0.15) is 25.3 Å². The Morgan fingerprint density at radius 2 is 1.81 bits per heavy atom. The molecule has 0 aliphatic carbocycles. The molecule has 27 heavy (non-hydrogen) atoms. The number of benzene rings is 1. The fraction of sp³-hybridized carbons (Fsp3) is 0.429. The van der Waals surface area contributed by atoms with E-state index >= 15 is 0 Å². The zero-order valence-corrected chi connectivity index (χ0v) is 16.1. The number of alkyl halides is 3. The Morgan fingerprint density at radius 1 is 1.22 bits per heavy atom.